The quantitative estimate of drug-likeness (QED) is 0.391. The number of amides is 1. The largest absolute Gasteiger partial charge is 0.482 e. The van der Waals surface area contributed by atoms with E-state index in [9.17, 15) is 4.79 Å². The molecule has 0 bridgehead atoms. The Morgan fingerprint density at radius 3 is 2.50 bits per heavy atom. The van der Waals surface area contributed by atoms with Crippen molar-refractivity contribution in [3.63, 3.8) is 0 Å². The van der Waals surface area contributed by atoms with E-state index in [1.165, 1.54) is 18.3 Å². The van der Waals surface area contributed by atoms with Gasteiger partial charge in [-0.3, -0.25) is 4.79 Å². The number of nitrogens with one attached hydrogen (secondary N) is 1. The molecule has 0 spiro atoms. The first-order valence-corrected chi connectivity index (χ1v) is 8.30. The van der Waals surface area contributed by atoms with E-state index < -0.39 is 5.91 Å². The zero-order valence-corrected chi connectivity index (χ0v) is 15.6. The van der Waals surface area contributed by atoms with Crippen molar-refractivity contribution in [2.75, 3.05) is 6.61 Å². The molecule has 0 radical (unpaired) electrons. The van der Waals surface area contributed by atoms with Crippen molar-refractivity contribution < 1.29 is 9.53 Å². The number of nitrogens with zero attached hydrogens (tertiary/aromatic N) is 1. The molecule has 0 saturated carbocycles. The van der Waals surface area contributed by atoms with Crippen LogP contribution in [0.4, 0.5) is 0 Å². The van der Waals surface area contributed by atoms with Gasteiger partial charge in [-0.2, -0.15) is 5.10 Å². The van der Waals surface area contributed by atoms with E-state index in [1.54, 1.807) is 18.2 Å². The third-order valence-electron chi connectivity index (χ3n) is 2.71. The molecule has 0 aliphatic heterocycles. The van der Waals surface area contributed by atoms with Crippen LogP contribution >= 0.6 is 58.0 Å². The van der Waals surface area contributed by atoms with Crippen molar-refractivity contribution in [1.29, 1.82) is 0 Å². The summed E-state index contributed by atoms with van der Waals surface area (Å²) in [6.07, 6.45) is 1.37. The molecule has 0 fully saturated rings. The molecule has 2 aromatic rings. The minimum absolute atomic E-state index is 0.239. The van der Waals surface area contributed by atoms with Crippen LogP contribution in [0, 0.1) is 0 Å². The first-order valence-electron chi connectivity index (χ1n) is 6.41. The van der Waals surface area contributed by atoms with Gasteiger partial charge in [-0.15, -0.1) is 0 Å². The van der Waals surface area contributed by atoms with Crippen LogP contribution in [0.15, 0.2) is 35.4 Å². The maximum Gasteiger partial charge on any atom is 0.277 e. The van der Waals surface area contributed by atoms with Crippen LogP contribution in [0.5, 0.6) is 5.75 Å². The molecule has 0 heterocycles. The fourth-order valence-electron chi connectivity index (χ4n) is 1.58. The topological polar surface area (TPSA) is 50.7 Å². The number of hydrazone groups is 1. The Balaban J connectivity index is 1.91. The molecular formula is C15H9Cl5N2O2. The fraction of sp³-hybridized carbons (Fsp3) is 0.0667. The lowest BCUT2D eigenvalue weighted by atomic mass is 10.2. The zero-order valence-electron chi connectivity index (χ0n) is 11.8. The van der Waals surface area contributed by atoms with Gasteiger partial charge in [0.2, 0.25) is 0 Å². The van der Waals surface area contributed by atoms with E-state index in [0.717, 1.165) is 0 Å². The molecule has 1 N–H and O–H groups in total. The molecule has 0 aromatic heterocycles. The van der Waals surface area contributed by atoms with E-state index in [4.69, 9.17) is 62.7 Å². The lowest BCUT2D eigenvalue weighted by molar-refractivity contribution is -0.123. The normalized spacial score (nSPS) is 10.9. The molecule has 0 saturated heterocycles. The summed E-state index contributed by atoms with van der Waals surface area (Å²) in [6.45, 7) is -0.307. The lowest BCUT2D eigenvalue weighted by Crippen LogP contribution is -2.24. The average Bonchev–Trinajstić information content (AvgIpc) is 2.53. The highest BCUT2D eigenvalue weighted by atomic mass is 35.5. The van der Waals surface area contributed by atoms with Gasteiger partial charge in [0, 0.05) is 11.6 Å². The van der Waals surface area contributed by atoms with Gasteiger partial charge >= 0.3 is 0 Å². The van der Waals surface area contributed by atoms with Crippen LogP contribution in [-0.4, -0.2) is 18.7 Å². The highest BCUT2D eigenvalue weighted by Crippen LogP contribution is 2.33. The molecule has 0 aliphatic carbocycles. The van der Waals surface area contributed by atoms with Crippen molar-refractivity contribution in [3.8, 4) is 5.75 Å². The number of halogens is 5. The molecule has 4 nitrogen and oxygen atoms in total. The van der Waals surface area contributed by atoms with Gasteiger partial charge in [0.05, 0.1) is 31.3 Å². The smallest absolute Gasteiger partial charge is 0.277 e. The van der Waals surface area contributed by atoms with Crippen molar-refractivity contribution in [3.05, 3.63) is 61.0 Å². The monoisotopic (exact) mass is 424 g/mol. The maximum atomic E-state index is 11.7. The minimum Gasteiger partial charge on any atom is -0.482 e. The summed E-state index contributed by atoms with van der Waals surface area (Å²) in [5, 5.41) is 5.32. The minimum atomic E-state index is -0.494. The van der Waals surface area contributed by atoms with Crippen molar-refractivity contribution >= 4 is 70.1 Å². The van der Waals surface area contributed by atoms with E-state index in [1.807, 2.05) is 0 Å². The first kappa shape index (κ1) is 19.2. The number of rotatable bonds is 5. The van der Waals surface area contributed by atoms with Gasteiger partial charge in [-0.25, -0.2) is 5.43 Å². The predicted molar refractivity (Wildman–Crippen MR) is 99.2 cm³/mol. The number of benzene rings is 2. The summed E-state index contributed by atoms with van der Waals surface area (Å²) < 4.78 is 5.27. The van der Waals surface area contributed by atoms with E-state index in [0.29, 0.717) is 20.6 Å². The van der Waals surface area contributed by atoms with Crippen LogP contribution in [0.1, 0.15) is 5.56 Å². The number of hydrogen-bond donors (Lipinski definition) is 1. The van der Waals surface area contributed by atoms with Gasteiger partial charge in [-0.05, 0) is 12.1 Å². The summed E-state index contributed by atoms with van der Waals surface area (Å²) >= 11 is 29.5. The van der Waals surface area contributed by atoms with Gasteiger partial charge in [0.25, 0.3) is 5.91 Å². The highest BCUT2D eigenvalue weighted by Gasteiger charge is 2.09. The molecule has 2 rings (SSSR count). The van der Waals surface area contributed by atoms with Crippen LogP contribution in [0.2, 0.25) is 25.1 Å². The molecule has 2 aromatic carbocycles. The van der Waals surface area contributed by atoms with Gasteiger partial charge in [0.1, 0.15) is 5.75 Å². The standard InChI is InChI=1S/C15H9Cl5N2O2/c16-9-3-1-2-8(15(9)20)6-21-22-14(23)7-24-13-5-11(18)10(17)4-12(13)19/h1-6H,7H2,(H,22,23). The Hall–Kier alpha value is -1.17. The first-order chi connectivity index (χ1) is 11.4. The van der Waals surface area contributed by atoms with Crippen molar-refractivity contribution in [1.82, 2.24) is 5.43 Å². The van der Waals surface area contributed by atoms with Crippen LogP contribution in [-0.2, 0) is 4.79 Å². The van der Waals surface area contributed by atoms with Crippen LogP contribution in [0.25, 0.3) is 0 Å². The molecule has 0 atom stereocenters. The number of carbonyl (C=O) groups is 1. The Labute approximate surface area is 163 Å². The zero-order chi connectivity index (χ0) is 17.7. The van der Waals surface area contributed by atoms with Crippen LogP contribution < -0.4 is 10.2 Å². The number of hydrogen-bond acceptors (Lipinski definition) is 3. The van der Waals surface area contributed by atoms with Crippen molar-refractivity contribution in [2.45, 2.75) is 0 Å². The summed E-state index contributed by atoms with van der Waals surface area (Å²) in [5.41, 5.74) is 2.86. The molecule has 0 aliphatic rings. The van der Waals surface area contributed by atoms with Gasteiger partial charge in [0.15, 0.2) is 6.61 Å². The fourth-order valence-corrected chi connectivity index (χ4v) is 2.53. The SMILES string of the molecule is O=C(COc1cc(Cl)c(Cl)cc1Cl)NN=Cc1cccc(Cl)c1Cl. The highest BCUT2D eigenvalue weighted by molar-refractivity contribution is 6.44. The van der Waals surface area contributed by atoms with Gasteiger partial charge < -0.3 is 4.74 Å². The van der Waals surface area contributed by atoms with E-state index >= 15 is 0 Å². The molecule has 24 heavy (non-hydrogen) atoms. The maximum absolute atomic E-state index is 11.7. The van der Waals surface area contributed by atoms with Crippen molar-refractivity contribution in [2.24, 2.45) is 5.10 Å². The Kier molecular flexibility index (Phi) is 7.02. The Morgan fingerprint density at radius 2 is 1.75 bits per heavy atom. The van der Waals surface area contributed by atoms with Gasteiger partial charge in [-0.1, -0.05) is 70.1 Å². The lowest BCUT2D eigenvalue weighted by Gasteiger charge is -2.08. The molecule has 126 valence electrons. The predicted octanol–water partition coefficient (Wildman–Crippen LogP) is 5.48. The second kappa shape index (κ2) is 8.79. The molecule has 9 heteroatoms. The Bertz CT molecular complexity index is 796. The molecular weight excluding hydrogens is 417 g/mol. The molecule has 0 unspecified atom stereocenters. The average molecular weight is 427 g/mol. The second-order valence-electron chi connectivity index (χ2n) is 4.42. The second-order valence-corrected chi connectivity index (χ2v) is 6.43. The third-order valence-corrected chi connectivity index (χ3v) is 4.56. The third kappa shape index (κ3) is 5.16. The van der Waals surface area contributed by atoms with Crippen LogP contribution in [0.3, 0.4) is 0 Å². The summed E-state index contributed by atoms with van der Waals surface area (Å²) in [4.78, 5) is 11.7. The summed E-state index contributed by atoms with van der Waals surface area (Å²) in [6, 6.07) is 7.92. The van der Waals surface area contributed by atoms with E-state index in [-0.39, 0.29) is 22.4 Å². The summed E-state index contributed by atoms with van der Waals surface area (Å²) in [7, 11) is 0. The summed E-state index contributed by atoms with van der Waals surface area (Å²) in [5.74, 6) is -0.255. The van der Waals surface area contributed by atoms with E-state index in [2.05, 4.69) is 10.5 Å². The number of ether oxygens (including phenoxy) is 1. The number of carbonyl (C=O) groups excluding carboxylic acids is 1. The Morgan fingerprint density at radius 1 is 1.04 bits per heavy atom. The molecule has 1 amide bonds.